The summed E-state index contributed by atoms with van der Waals surface area (Å²) >= 11 is 0. The van der Waals surface area contributed by atoms with Gasteiger partial charge in [-0.15, -0.1) is 0 Å². The largest absolute Gasteiger partial charge is 0.481 e. The van der Waals surface area contributed by atoms with E-state index in [1.807, 2.05) is 13.0 Å². The highest BCUT2D eigenvalue weighted by Crippen LogP contribution is 2.30. The molecule has 2 heterocycles. The third-order valence-corrected chi connectivity index (χ3v) is 3.11. The average Bonchev–Trinajstić information content (AvgIpc) is 3.00. The Balaban J connectivity index is 2.60. The molecule has 0 amide bonds. The van der Waals surface area contributed by atoms with Crippen LogP contribution in [0.4, 0.5) is 11.6 Å². The molecule has 10 heteroatoms. The maximum absolute atomic E-state index is 10.9. The minimum absolute atomic E-state index is 0.176. The number of rotatable bonds is 4. The molecule has 0 fully saturated rings. The smallest absolute Gasteiger partial charge is 0.342 e. The van der Waals surface area contributed by atoms with E-state index in [-0.39, 0.29) is 22.9 Å². The fourth-order valence-electron chi connectivity index (χ4n) is 2.08. The molecule has 120 valence electrons. The van der Waals surface area contributed by atoms with Crippen molar-refractivity contribution in [3.8, 4) is 17.6 Å². The van der Waals surface area contributed by atoms with Crippen molar-refractivity contribution in [1.82, 2.24) is 19.3 Å². The quantitative estimate of drug-likeness (QED) is 0.366. The summed E-state index contributed by atoms with van der Waals surface area (Å²) in [4.78, 5) is 18.6. The summed E-state index contributed by atoms with van der Waals surface area (Å²) in [5.74, 6) is 0.730. The van der Waals surface area contributed by atoms with Gasteiger partial charge in [-0.1, -0.05) is 0 Å². The molecule has 0 aliphatic heterocycles. The van der Waals surface area contributed by atoms with Crippen molar-refractivity contribution in [2.24, 2.45) is 19.1 Å². The van der Waals surface area contributed by atoms with Crippen LogP contribution in [0.15, 0.2) is 11.2 Å². The molecule has 2 aromatic rings. The van der Waals surface area contributed by atoms with Gasteiger partial charge in [0.1, 0.15) is 17.8 Å². The summed E-state index contributed by atoms with van der Waals surface area (Å²) in [5.41, 5.74) is 0.406. The third-order valence-electron chi connectivity index (χ3n) is 3.11. The summed E-state index contributed by atoms with van der Waals surface area (Å²) < 4.78 is 7.95. The second kappa shape index (κ2) is 6.27. The Morgan fingerprint density at radius 3 is 2.78 bits per heavy atom. The van der Waals surface area contributed by atoms with E-state index in [2.05, 4.69) is 15.1 Å². The minimum Gasteiger partial charge on any atom is -0.481 e. The van der Waals surface area contributed by atoms with Gasteiger partial charge < -0.3 is 14.9 Å². The van der Waals surface area contributed by atoms with Gasteiger partial charge in [-0.2, -0.15) is 15.4 Å². The van der Waals surface area contributed by atoms with Crippen molar-refractivity contribution < 1.29 is 9.66 Å². The number of aromatic nitrogens is 4. The summed E-state index contributed by atoms with van der Waals surface area (Å²) in [7, 11) is 3.12. The zero-order valence-electron chi connectivity index (χ0n) is 13.1. The molecule has 0 bridgehead atoms. The van der Waals surface area contributed by atoms with E-state index in [0.29, 0.717) is 18.3 Å². The highest BCUT2D eigenvalue weighted by molar-refractivity contribution is 5.79. The Kier molecular flexibility index (Phi) is 4.40. The molecule has 2 aromatic heterocycles. The Bertz CT molecular complexity index is 825. The van der Waals surface area contributed by atoms with Gasteiger partial charge in [0, 0.05) is 14.0 Å². The second-order valence-electron chi connectivity index (χ2n) is 4.60. The monoisotopic (exact) mass is 317 g/mol. The topological polar surface area (TPSA) is 124 Å². The molecule has 0 unspecified atom stereocenters. The van der Waals surface area contributed by atoms with Gasteiger partial charge in [0.25, 0.3) is 5.82 Å². The van der Waals surface area contributed by atoms with Gasteiger partial charge in [-0.25, -0.2) is 14.2 Å². The van der Waals surface area contributed by atoms with Gasteiger partial charge in [-0.3, -0.25) is 0 Å². The molecular formula is C13H15N7O3. The Labute approximate surface area is 131 Å². The lowest BCUT2D eigenvalue weighted by Gasteiger charge is -2.01. The van der Waals surface area contributed by atoms with E-state index in [4.69, 9.17) is 4.74 Å². The third kappa shape index (κ3) is 2.89. The first-order chi connectivity index (χ1) is 10.9. The van der Waals surface area contributed by atoms with Gasteiger partial charge >= 0.3 is 5.82 Å². The molecule has 0 aliphatic carbocycles. The lowest BCUT2D eigenvalue weighted by molar-refractivity contribution is -0.391. The number of aryl methyl sites for hydroxylation is 1. The Hall–Kier alpha value is -3.22. The maximum Gasteiger partial charge on any atom is 0.342 e. The van der Waals surface area contributed by atoms with Crippen molar-refractivity contribution in [2.45, 2.75) is 13.8 Å². The summed E-state index contributed by atoms with van der Waals surface area (Å²) in [6, 6.07) is 2.03. The van der Waals surface area contributed by atoms with E-state index in [9.17, 15) is 15.4 Å². The number of ether oxygens (including phenoxy) is 1. The van der Waals surface area contributed by atoms with E-state index in [0.717, 1.165) is 6.20 Å². The number of nitrogens with zero attached hydrogens (tertiary/aromatic N) is 7. The van der Waals surface area contributed by atoms with Crippen LogP contribution >= 0.6 is 0 Å². The SMILES string of the molecule is CCO/C(C)=N/c1c(C#N)c(-c2ncc([N+](=O)[O-])n2C)nn1C. The predicted octanol–water partition coefficient (Wildman–Crippen LogP) is 1.69. The van der Waals surface area contributed by atoms with Crippen LogP contribution in [0.25, 0.3) is 11.5 Å². The second-order valence-corrected chi connectivity index (χ2v) is 4.60. The number of hydrogen-bond donors (Lipinski definition) is 0. The minimum atomic E-state index is -0.552. The molecule has 0 aromatic carbocycles. The van der Waals surface area contributed by atoms with Crippen LogP contribution in [0.1, 0.15) is 19.4 Å². The zero-order valence-corrected chi connectivity index (χ0v) is 13.1. The van der Waals surface area contributed by atoms with E-state index in [1.54, 1.807) is 14.0 Å². The lowest BCUT2D eigenvalue weighted by atomic mass is 10.2. The van der Waals surface area contributed by atoms with Crippen molar-refractivity contribution >= 4 is 17.5 Å². The van der Waals surface area contributed by atoms with Crippen LogP contribution in [0.3, 0.4) is 0 Å². The maximum atomic E-state index is 10.9. The molecule has 0 saturated carbocycles. The van der Waals surface area contributed by atoms with Crippen LogP contribution in [-0.4, -0.2) is 36.8 Å². The Morgan fingerprint density at radius 2 is 2.26 bits per heavy atom. The van der Waals surface area contributed by atoms with Gasteiger partial charge in [0.05, 0.1) is 13.7 Å². The van der Waals surface area contributed by atoms with Crippen LogP contribution in [0.5, 0.6) is 0 Å². The molecule has 0 spiro atoms. The summed E-state index contributed by atoms with van der Waals surface area (Å²) in [6.45, 7) is 3.95. The average molecular weight is 317 g/mol. The first-order valence-electron chi connectivity index (χ1n) is 6.72. The fourth-order valence-corrected chi connectivity index (χ4v) is 2.08. The van der Waals surface area contributed by atoms with Crippen molar-refractivity contribution in [3.05, 3.63) is 21.9 Å². The molecular weight excluding hydrogens is 302 g/mol. The molecule has 0 aliphatic rings. The number of nitriles is 1. The van der Waals surface area contributed by atoms with Gasteiger partial charge in [0.15, 0.2) is 17.4 Å². The number of hydrogen-bond acceptors (Lipinski definition) is 7. The number of nitro groups is 1. The highest BCUT2D eigenvalue weighted by Gasteiger charge is 2.26. The fraction of sp³-hybridized carbons (Fsp3) is 0.385. The zero-order chi connectivity index (χ0) is 17.1. The van der Waals surface area contributed by atoms with Gasteiger partial charge in [-0.05, 0) is 11.8 Å². The predicted molar refractivity (Wildman–Crippen MR) is 81.2 cm³/mol. The lowest BCUT2D eigenvalue weighted by Crippen LogP contribution is -2.00. The van der Waals surface area contributed by atoms with Crippen LogP contribution in [0, 0.1) is 21.4 Å². The van der Waals surface area contributed by atoms with Crippen molar-refractivity contribution in [1.29, 1.82) is 5.26 Å². The summed E-state index contributed by atoms with van der Waals surface area (Å²) in [5, 5.41) is 24.6. The van der Waals surface area contributed by atoms with E-state index >= 15 is 0 Å². The van der Waals surface area contributed by atoms with Crippen LogP contribution in [0.2, 0.25) is 0 Å². The van der Waals surface area contributed by atoms with Crippen LogP contribution < -0.4 is 0 Å². The molecule has 0 saturated heterocycles. The normalized spacial score (nSPS) is 11.3. The standard InChI is InChI=1S/C13H15N7O3/c1-5-23-8(2)16-12-9(6-14)11(17-19(12)4)13-15-7-10(18(13)3)20(21)22/h7H,5H2,1-4H3/b16-8+. The summed E-state index contributed by atoms with van der Waals surface area (Å²) in [6.07, 6.45) is 1.12. The van der Waals surface area contributed by atoms with Crippen molar-refractivity contribution in [2.75, 3.05) is 6.61 Å². The molecule has 0 radical (unpaired) electrons. The van der Waals surface area contributed by atoms with Gasteiger partial charge in [0.2, 0.25) is 0 Å². The first kappa shape index (κ1) is 16.2. The number of imidazole rings is 1. The van der Waals surface area contributed by atoms with E-state index in [1.165, 1.54) is 16.3 Å². The Morgan fingerprint density at radius 1 is 1.57 bits per heavy atom. The molecule has 0 N–H and O–H groups in total. The van der Waals surface area contributed by atoms with Crippen LogP contribution in [-0.2, 0) is 18.8 Å². The van der Waals surface area contributed by atoms with Crippen molar-refractivity contribution in [3.63, 3.8) is 0 Å². The van der Waals surface area contributed by atoms with E-state index < -0.39 is 4.92 Å². The molecule has 0 atom stereocenters. The highest BCUT2D eigenvalue weighted by atomic mass is 16.6. The number of aliphatic imine (C=N–C) groups is 1. The molecule has 10 nitrogen and oxygen atoms in total. The molecule has 23 heavy (non-hydrogen) atoms. The first-order valence-corrected chi connectivity index (χ1v) is 6.72. The molecule has 2 rings (SSSR count).